The lowest BCUT2D eigenvalue weighted by Gasteiger charge is -2.36. The molecule has 4 heteroatoms. The second-order valence-corrected chi connectivity index (χ2v) is 6.23. The minimum Gasteiger partial charge on any atom is -0.372 e. The monoisotopic (exact) mass is 310 g/mol. The summed E-state index contributed by atoms with van der Waals surface area (Å²) in [5.74, 6) is 0.749. The smallest absolute Gasteiger partial charge is 0.153 e. The molecular formula is C19H22N2O2. The number of hydrogen-bond acceptors (Lipinski definition) is 4. The van der Waals surface area contributed by atoms with Gasteiger partial charge in [-0.05, 0) is 38.0 Å². The number of carbonyl (C=O) groups is 1. The fourth-order valence-corrected chi connectivity index (χ4v) is 3.22. The van der Waals surface area contributed by atoms with Gasteiger partial charge in [0.2, 0.25) is 0 Å². The fraction of sp³-hybridized carbons (Fsp3) is 0.368. The van der Waals surface area contributed by atoms with Crippen LogP contribution in [0.25, 0.3) is 11.1 Å². The van der Waals surface area contributed by atoms with Crippen molar-refractivity contribution in [3.63, 3.8) is 0 Å². The predicted molar refractivity (Wildman–Crippen MR) is 92.0 cm³/mol. The van der Waals surface area contributed by atoms with E-state index in [-0.39, 0.29) is 12.2 Å². The molecule has 2 heterocycles. The standard InChI is InChI=1S/C19H22N2O2/c1-13-6-4-5-7-18(13)16-8-17(12-22)19(20-9-16)21-10-14(2)23-15(3)11-21/h4-9,12,14-15H,10-11H2,1-3H3. The van der Waals surface area contributed by atoms with E-state index >= 15 is 0 Å². The summed E-state index contributed by atoms with van der Waals surface area (Å²) >= 11 is 0. The van der Waals surface area contributed by atoms with E-state index in [4.69, 9.17) is 4.74 Å². The highest BCUT2D eigenvalue weighted by molar-refractivity contribution is 5.86. The van der Waals surface area contributed by atoms with Crippen molar-refractivity contribution in [2.45, 2.75) is 33.0 Å². The Labute approximate surface area is 137 Å². The SMILES string of the molecule is Cc1ccccc1-c1cnc(N2CC(C)OC(C)C2)c(C=O)c1. The van der Waals surface area contributed by atoms with Gasteiger partial charge in [-0.3, -0.25) is 4.79 Å². The zero-order valence-electron chi connectivity index (χ0n) is 13.8. The van der Waals surface area contributed by atoms with Crippen molar-refractivity contribution >= 4 is 12.1 Å². The van der Waals surface area contributed by atoms with Gasteiger partial charge < -0.3 is 9.64 Å². The summed E-state index contributed by atoms with van der Waals surface area (Å²) in [7, 11) is 0. The summed E-state index contributed by atoms with van der Waals surface area (Å²) in [5.41, 5.74) is 3.89. The number of aromatic nitrogens is 1. The molecule has 1 saturated heterocycles. The van der Waals surface area contributed by atoms with Crippen molar-refractivity contribution in [1.29, 1.82) is 0 Å². The Kier molecular flexibility index (Phi) is 4.44. The van der Waals surface area contributed by atoms with Crippen molar-refractivity contribution in [3.8, 4) is 11.1 Å². The molecule has 0 bridgehead atoms. The van der Waals surface area contributed by atoms with Crippen LogP contribution in [-0.2, 0) is 4.74 Å². The van der Waals surface area contributed by atoms with Crippen molar-refractivity contribution < 1.29 is 9.53 Å². The molecule has 0 radical (unpaired) electrons. The van der Waals surface area contributed by atoms with E-state index in [1.54, 1.807) is 0 Å². The fourth-order valence-electron chi connectivity index (χ4n) is 3.22. The number of aldehydes is 1. The average Bonchev–Trinajstić information content (AvgIpc) is 2.54. The Balaban J connectivity index is 1.97. The molecule has 3 rings (SSSR count). The Morgan fingerprint density at radius 2 is 1.91 bits per heavy atom. The van der Waals surface area contributed by atoms with E-state index in [0.29, 0.717) is 5.56 Å². The third kappa shape index (κ3) is 3.27. The number of pyridine rings is 1. The molecule has 1 fully saturated rings. The van der Waals surface area contributed by atoms with Gasteiger partial charge in [-0.1, -0.05) is 24.3 Å². The molecular weight excluding hydrogens is 288 g/mol. The van der Waals surface area contributed by atoms with Crippen molar-refractivity contribution in [1.82, 2.24) is 4.98 Å². The van der Waals surface area contributed by atoms with Gasteiger partial charge in [-0.2, -0.15) is 0 Å². The van der Waals surface area contributed by atoms with Gasteiger partial charge >= 0.3 is 0 Å². The molecule has 120 valence electrons. The predicted octanol–water partition coefficient (Wildman–Crippen LogP) is 3.48. The van der Waals surface area contributed by atoms with E-state index in [9.17, 15) is 4.79 Å². The van der Waals surface area contributed by atoms with E-state index in [2.05, 4.69) is 28.9 Å². The van der Waals surface area contributed by atoms with Gasteiger partial charge in [0.25, 0.3) is 0 Å². The maximum Gasteiger partial charge on any atom is 0.153 e. The summed E-state index contributed by atoms with van der Waals surface area (Å²) in [6.07, 6.45) is 3.02. The van der Waals surface area contributed by atoms with Crippen molar-refractivity contribution in [2.24, 2.45) is 0 Å². The zero-order valence-corrected chi connectivity index (χ0v) is 13.8. The van der Waals surface area contributed by atoms with Crippen LogP contribution < -0.4 is 4.90 Å². The Morgan fingerprint density at radius 1 is 1.22 bits per heavy atom. The summed E-state index contributed by atoms with van der Waals surface area (Å²) < 4.78 is 5.76. The molecule has 0 aliphatic carbocycles. The lowest BCUT2D eigenvalue weighted by atomic mass is 10.0. The van der Waals surface area contributed by atoms with Crippen LogP contribution in [0.5, 0.6) is 0 Å². The number of morpholine rings is 1. The molecule has 2 atom stereocenters. The first-order valence-electron chi connectivity index (χ1n) is 8.00. The number of benzene rings is 1. The van der Waals surface area contributed by atoms with Gasteiger partial charge in [0.05, 0.1) is 17.8 Å². The normalized spacial score (nSPS) is 21.3. The van der Waals surface area contributed by atoms with E-state index < -0.39 is 0 Å². The first-order chi connectivity index (χ1) is 11.1. The molecule has 1 aliphatic heterocycles. The quantitative estimate of drug-likeness (QED) is 0.814. The Hall–Kier alpha value is -2.20. The highest BCUT2D eigenvalue weighted by Gasteiger charge is 2.25. The number of aryl methyl sites for hydroxylation is 1. The maximum absolute atomic E-state index is 11.6. The van der Waals surface area contributed by atoms with Gasteiger partial charge in [0.15, 0.2) is 6.29 Å². The molecule has 1 aromatic heterocycles. The van der Waals surface area contributed by atoms with Crippen LogP contribution in [0.2, 0.25) is 0 Å². The minimum absolute atomic E-state index is 0.135. The molecule has 23 heavy (non-hydrogen) atoms. The number of nitrogens with zero attached hydrogens (tertiary/aromatic N) is 2. The Morgan fingerprint density at radius 3 is 2.57 bits per heavy atom. The third-order valence-corrected chi connectivity index (χ3v) is 4.20. The lowest BCUT2D eigenvalue weighted by molar-refractivity contribution is -0.00549. The molecule has 2 aromatic rings. The summed E-state index contributed by atoms with van der Waals surface area (Å²) in [5, 5.41) is 0. The van der Waals surface area contributed by atoms with Crippen LogP contribution in [0.3, 0.4) is 0 Å². The largest absolute Gasteiger partial charge is 0.372 e. The maximum atomic E-state index is 11.6. The highest BCUT2D eigenvalue weighted by Crippen LogP contribution is 2.28. The topological polar surface area (TPSA) is 42.4 Å². The first-order valence-corrected chi connectivity index (χ1v) is 8.00. The van der Waals surface area contributed by atoms with E-state index in [1.807, 2.05) is 38.2 Å². The number of hydrogen-bond donors (Lipinski definition) is 0. The van der Waals surface area contributed by atoms with Crippen LogP contribution in [-0.4, -0.2) is 36.6 Å². The molecule has 4 nitrogen and oxygen atoms in total. The zero-order chi connectivity index (χ0) is 16.4. The summed E-state index contributed by atoms with van der Waals surface area (Å²) in [6.45, 7) is 7.66. The van der Waals surface area contributed by atoms with Crippen molar-refractivity contribution in [3.05, 3.63) is 47.7 Å². The van der Waals surface area contributed by atoms with Gasteiger partial charge in [0.1, 0.15) is 5.82 Å². The second-order valence-electron chi connectivity index (χ2n) is 6.23. The van der Waals surface area contributed by atoms with Crippen LogP contribution in [0, 0.1) is 6.92 Å². The molecule has 0 amide bonds. The molecule has 0 spiro atoms. The first kappa shape index (κ1) is 15.7. The van der Waals surface area contributed by atoms with Crippen LogP contribution in [0.4, 0.5) is 5.82 Å². The lowest BCUT2D eigenvalue weighted by Crippen LogP contribution is -2.46. The highest BCUT2D eigenvalue weighted by atomic mass is 16.5. The van der Waals surface area contributed by atoms with Gasteiger partial charge in [-0.15, -0.1) is 0 Å². The van der Waals surface area contributed by atoms with Gasteiger partial charge in [0, 0.05) is 24.8 Å². The number of carbonyl (C=O) groups excluding carboxylic acids is 1. The van der Waals surface area contributed by atoms with Crippen LogP contribution in [0.1, 0.15) is 29.8 Å². The van der Waals surface area contributed by atoms with E-state index in [0.717, 1.165) is 36.3 Å². The third-order valence-electron chi connectivity index (χ3n) is 4.20. The van der Waals surface area contributed by atoms with E-state index in [1.165, 1.54) is 5.56 Å². The molecule has 1 aromatic carbocycles. The van der Waals surface area contributed by atoms with Crippen LogP contribution >= 0.6 is 0 Å². The molecule has 2 unspecified atom stereocenters. The number of rotatable bonds is 3. The van der Waals surface area contributed by atoms with Gasteiger partial charge in [-0.25, -0.2) is 4.98 Å². The summed E-state index contributed by atoms with van der Waals surface area (Å²) in [4.78, 5) is 18.3. The van der Waals surface area contributed by atoms with Crippen LogP contribution in [0.15, 0.2) is 36.5 Å². The number of anilines is 1. The second kappa shape index (κ2) is 6.50. The minimum atomic E-state index is 0.135. The van der Waals surface area contributed by atoms with Crippen molar-refractivity contribution in [2.75, 3.05) is 18.0 Å². The molecule has 1 aliphatic rings. The molecule has 0 N–H and O–H groups in total. The molecule has 0 saturated carbocycles. The average molecular weight is 310 g/mol. The summed E-state index contributed by atoms with van der Waals surface area (Å²) in [6, 6.07) is 10.1. The number of ether oxygens (including phenoxy) is 1. The Bertz CT molecular complexity index is 704.